The van der Waals surface area contributed by atoms with Gasteiger partial charge in [-0.05, 0) is 54.1 Å². The van der Waals surface area contributed by atoms with E-state index in [1.54, 1.807) is 35.8 Å². The van der Waals surface area contributed by atoms with Crippen LogP contribution in [0.5, 0.6) is 11.6 Å². The van der Waals surface area contributed by atoms with Gasteiger partial charge in [-0.15, -0.1) is 11.3 Å². The Bertz CT molecular complexity index is 1130. The van der Waals surface area contributed by atoms with Crippen LogP contribution in [0.25, 0.3) is 0 Å². The first kappa shape index (κ1) is 21.4. The van der Waals surface area contributed by atoms with Gasteiger partial charge < -0.3 is 10.1 Å². The van der Waals surface area contributed by atoms with Crippen LogP contribution in [0, 0.1) is 5.82 Å². The first-order chi connectivity index (χ1) is 14.9. The number of benzene rings is 1. The Morgan fingerprint density at radius 2 is 2.03 bits per heavy atom. The van der Waals surface area contributed by atoms with Gasteiger partial charge >= 0.3 is 0 Å². The average Bonchev–Trinajstić information content (AvgIpc) is 3.47. The molecule has 1 aliphatic rings. The Hall–Kier alpha value is -2.82. The topological polar surface area (TPSA) is 88.6 Å². The van der Waals surface area contributed by atoms with Crippen molar-refractivity contribution in [2.24, 2.45) is 0 Å². The van der Waals surface area contributed by atoms with E-state index in [0.29, 0.717) is 31.0 Å². The maximum absolute atomic E-state index is 13.0. The Kier molecular flexibility index (Phi) is 6.30. The molecule has 1 saturated heterocycles. The van der Waals surface area contributed by atoms with E-state index >= 15 is 0 Å². The number of ether oxygens (including phenoxy) is 1. The molecule has 1 aliphatic heterocycles. The molecule has 0 saturated carbocycles. The van der Waals surface area contributed by atoms with Crippen LogP contribution in [0.3, 0.4) is 0 Å². The Morgan fingerprint density at radius 1 is 1.23 bits per heavy atom. The lowest BCUT2D eigenvalue weighted by Gasteiger charge is -2.22. The monoisotopic (exact) mass is 461 g/mol. The fraction of sp³-hybridized carbons (Fsp3) is 0.238. The van der Waals surface area contributed by atoms with E-state index in [4.69, 9.17) is 4.74 Å². The fourth-order valence-electron chi connectivity index (χ4n) is 3.32. The van der Waals surface area contributed by atoms with Crippen LogP contribution in [-0.4, -0.2) is 36.2 Å². The first-order valence-corrected chi connectivity index (χ1v) is 12.0. The molecule has 0 spiro atoms. The van der Waals surface area contributed by atoms with Crippen LogP contribution < -0.4 is 10.1 Å². The minimum atomic E-state index is -3.67. The summed E-state index contributed by atoms with van der Waals surface area (Å²) in [5, 5.41) is 4.50. The molecule has 10 heteroatoms. The van der Waals surface area contributed by atoms with E-state index < -0.39 is 16.1 Å². The number of nitrogens with zero attached hydrogens (tertiary/aromatic N) is 2. The molecule has 3 heterocycles. The molecule has 162 valence electrons. The van der Waals surface area contributed by atoms with Crippen molar-refractivity contribution in [3.05, 3.63) is 71.5 Å². The predicted molar refractivity (Wildman–Crippen MR) is 114 cm³/mol. The number of pyridine rings is 1. The molecular formula is C21H20FN3O4S2. The molecule has 1 fully saturated rings. The molecule has 0 aliphatic carbocycles. The van der Waals surface area contributed by atoms with Gasteiger partial charge in [-0.3, -0.25) is 4.79 Å². The molecule has 3 aromatic rings. The fourth-order valence-corrected chi connectivity index (χ4v) is 6.10. The van der Waals surface area contributed by atoms with Crippen LogP contribution in [-0.2, 0) is 21.4 Å². The Labute approximate surface area is 183 Å². The normalized spacial score (nSPS) is 16.9. The number of sulfonamides is 1. The van der Waals surface area contributed by atoms with Crippen molar-refractivity contribution >= 4 is 27.3 Å². The second kappa shape index (κ2) is 9.13. The summed E-state index contributed by atoms with van der Waals surface area (Å²) < 4.78 is 45.6. The zero-order valence-electron chi connectivity index (χ0n) is 16.4. The summed E-state index contributed by atoms with van der Waals surface area (Å²) in [5.41, 5.74) is 0.741. The number of halogens is 1. The third kappa shape index (κ3) is 4.92. The number of thiophene rings is 1. The highest BCUT2D eigenvalue weighted by molar-refractivity contribution is 7.91. The SMILES string of the molecule is O=C(NCc1ccc(Oc2ccc(F)cc2)nc1)C1CCCN1S(=O)(=O)c1cccs1. The van der Waals surface area contributed by atoms with Crippen LogP contribution in [0.2, 0.25) is 0 Å². The van der Waals surface area contributed by atoms with Crippen LogP contribution in [0.4, 0.5) is 4.39 Å². The highest BCUT2D eigenvalue weighted by atomic mass is 32.2. The number of hydrogen-bond donors (Lipinski definition) is 1. The Balaban J connectivity index is 1.35. The number of aromatic nitrogens is 1. The highest BCUT2D eigenvalue weighted by Crippen LogP contribution is 2.28. The van der Waals surface area contributed by atoms with E-state index in [1.807, 2.05) is 0 Å². The molecule has 2 aromatic heterocycles. The van der Waals surface area contributed by atoms with Gasteiger partial charge in [0.25, 0.3) is 10.0 Å². The van der Waals surface area contributed by atoms with Crippen molar-refractivity contribution in [3.63, 3.8) is 0 Å². The van der Waals surface area contributed by atoms with E-state index in [0.717, 1.165) is 16.9 Å². The van der Waals surface area contributed by atoms with Gasteiger partial charge in [0.1, 0.15) is 21.8 Å². The van der Waals surface area contributed by atoms with Gasteiger partial charge in [-0.1, -0.05) is 12.1 Å². The zero-order chi connectivity index (χ0) is 21.8. The lowest BCUT2D eigenvalue weighted by atomic mass is 10.2. The molecule has 0 radical (unpaired) electrons. The number of carbonyl (C=O) groups is 1. The standard InChI is InChI=1S/C21H20FN3O4S2/c22-16-6-8-17(9-7-16)29-19-10-5-15(13-23-19)14-24-21(26)18-3-1-11-25(18)31(27,28)20-4-2-12-30-20/h2,4-10,12-13,18H,1,3,11,14H2,(H,24,26). The maximum atomic E-state index is 13.0. The van der Waals surface area contributed by atoms with Crippen molar-refractivity contribution in [2.75, 3.05) is 6.54 Å². The van der Waals surface area contributed by atoms with Gasteiger partial charge in [-0.25, -0.2) is 17.8 Å². The number of nitrogens with one attached hydrogen (secondary N) is 1. The maximum Gasteiger partial charge on any atom is 0.253 e. The molecular weight excluding hydrogens is 441 g/mol. The first-order valence-electron chi connectivity index (χ1n) is 9.65. The number of amides is 1. The van der Waals surface area contributed by atoms with Crippen molar-refractivity contribution in [3.8, 4) is 11.6 Å². The number of carbonyl (C=O) groups excluding carboxylic acids is 1. The van der Waals surface area contributed by atoms with E-state index in [-0.39, 0.29) is 22.5 Å². The number of hydrogen-bond acceptors (Lipinski definition) is 6. The summed E-state index contributed by atoms with van der Waals surface area (Å²) >= 11 is 1.14. The van der Waals surface area contributed by atoms with Crippen LogP contribution in [0.15, 0.2) is 64.3 Å². The largest absolute Gasteiger partial charge is 0.439 e. The summed E-state index contributed by atoms with van der Waals surface area (Å²) in [5.74, 6) is 0.119. The molecule has 0 bridgehead atoms. The van der Waals surface area contributed by atoms with Crippen LogP contribution >= 0.6 is 11.3 Å². The van der Waals surface area contributed by atoms with Gasteiger partial charge in [0.2, 0.25) is 11.8 Å². The second-order valence-electron chi connectivity index (χ2n) is 6.98. The molecule has 1 amide bonds. The third-order valence-electron chi connectivity index (χ3n) is 4.86. The van der Waals surface area contributed by atoms with Gasteiger partial charge in [0.15, 0.2) is 0 Å². The minimum Gasteiger partial charge on any atom is -0.439 e. The van der Waals surface area contributed by atoms with Crippen molar-refractivity contribution in [1.82, 2.24) is 14.6 Å². The minimum absolute atomic E-state index is 0.214. The second-order valence-corrected chi connectivity index (χ2v) is 10.0. The van der Waals surface area contributed by atoms with Gasteiger partial charge in [0.05, 0.1) is 0 Å². The highest BCUT2D eigenvalue weighted by Gasteiger charge is 2.39. The summed E-state index contributed by atoms with van der Waals surface area (Å²) in [7, 11) is -3.67. The molecule has 31 heavy (non-hydrogen) atoms. The predicted octanol–water partition coefficient (Wildman–Crippen LogP) is 3.54. The molecule has 4 rings (SSSR count). The molecule has 7 nitrogen and oxygen atoms in total. The van der Waals surface area contributed by atoms with Crippen molar-refractivity contribution < 1.29 is 22.3 Å². The van der Waals surface area contributed by atoms with Gasteiger partial charge in [-0.2, -0.15) is 4.31 Å². The average molecular weight is 462 g/mol. The quantitative estimate of drug-likeness (QED) is 0.581. The van der Waals surface area contributed by atoms with Gasteiger partial charge in [0, 0.05) is 25.4 Å². The van der Waals surface area contributed by atoms with Crippen LogP contribution in [0.1, 0.15) is 18.4 Å². The third-order valence-corrected chi connectivity index (χ3v) is 8.15. The lowest BCUT2D eigenvalue weighted by molar-refractivity contribution is -0.124. The zero-order valence-corrected chi connectivity index (χ0v) is 18.0. The van der Waals surface area contributed by atoms with Crippen molar-refractivity contribution in [1.29, 1.82) is 0 Å². The summed E-state index contributed by atoms with van der Waals surface area (Å²) in [4.78, 5) is 16.9. The summed E-state index contributed by atoms with van der Waals surface area (Å²) in [6, 6.07) is 11.5. The lowest BCUT2D eigenvalue weighted by Crippen LogP contribution is -2.45. The Morgan fingerprint density at radius 3 is 2.71 bits per heavy atom. The van der Waals surface area contributed by atoms with E-state index in [2.05, 4.69) is 10.3 Å². The van der Waals surface area contributed by atoms with Crippen molar-refractivity contribution in [2.45, 2.75) is 29.6 Å². The van der Waals surface area contributed by atoms with E-state index in [9.17, 15) is 17.6 Å². The smallest absolute Gasteiger partial charge is 0.253 e. The molecule has 1 unspecified atom stereocenters. The summed E-state index contributed by atoms with van der Waals surface area (Å²) in [6.07, 6.45) is 2.69. The molecule has 1 N–H and O–H groups in total. The summed E-state index contributed by atoms with van der Waals surface area (Å²) in [6.45, 7) is 0.543. The van der Waals surface area contributed by atoms with E-state index in [1.165, 1.54) is 28.6 Å². The molecule has 1 atom stereocenters. The number of rotatable bonds is 7. The molecule has 1 aromatic carbocycles.